The molecule has 0 unspecified atom stereocenters. The number of aromatic nitrogens is 1. The Labute approximate surface area is 186 Å². The van der Waals surface area contributed by atoms with Crippen LogP contribution in [-0.4, -0.2) is 64.6 Å². The van der Waals surface area contributed by atoms with E-state index in [2.05, 4.69) is 37.6 Å². The molecule has 28 heavy (non-hydrogen) atoms. The van der Waals surface area contributed by atoms with Gasteiger partial charge in [0.2, 0.25) is 0 Å². The highest BCUT2D eigenvalue weighted by Crippen LogP contribution is 2.17. The van der Waals surface area contributed by atoms with Crippen molar-refractivity contribution in [1.29, 1.82) is 0 Å². The number of nitrogens with zero attached hydrogens (tertiary/aromatic N) is 3. The van der Waals surface area contributed by atoms with Crippen molar-refractivity contribution in [3.8, 4) is 0 Å². The Hall–Kier alpha value is -1.13. The Balaban J connectivity index is 0.00000392. The van der Waals surface area contributed by atoms with Crippen molar-refractivity contribution in [1.82, 2.24) is 15.6 Å². The molecule has 1 saturated heterocycles. The van der Waals surface area contributed by atoms with Gasteiger partial charge >= 0.3 is 0 Å². The number of nitrogens with one attached hydrogen (secondary N) is 2. The number of aliphatic imine (C=N–C) groups is 1. The molecule has 1 fully saturated rings. The van der Waals surface area contributed by atoms with Crippen molar-refractivity contribution in [3.63, 3.8) is 0 Å². The number of anilines is 1. The van der Waals surface area contributed by atoms with E-state index >= 15 is 0 Å². The Morgan fingerprint density at radius 1 is 1.11 bits per heavy atom. The average molecular weight is 505 g/mol. The fourth-order valence-corrected chi connectivity index (χ4v) is 3.04. The monoisotopic (exact) mass is 505 g/mol. The summed E-state index contributed by atoms with van der Waals surface area (Å²) in [6.07, 6.45) is 8.10. The summed E-state index contributed by atoms with van der Waals surface area (Å²) >= 11 is 0. The van der Waals surface area contributed by atoms with Gasteiger partial charge in [-0.05, 0) is 30.9 Å². The lowest BCUT2D eigenvalue weighted by atomic mass is 10.2. The average Bonchev–Trinajstić information content (AvgIpc) is 2.99. The highest BCUT2D eigenvalue weighted by atomic mass is 127. The van der Waals surface area contributed by atoms with Gasteiger partial charge in [-0.1, -0.05) is 18.9 Å². The van der Waals surface area contributed by atoms with Crippen LogP contribution in [0.4, 0.5) is 5.82 Å². The molecule has 2 heterocycles. The summed E-state index contributed by atoms with van der Waals surface area (Å²) in [5.41, 5.74) is 1.15. The minimum atomic E-state index is 0. The molecule has 0 spiro atoms. The highest BCUT2D eigenvalue weighted by molar-refractivity contribution is 14.0. The van der Waals surface area contributed by atoms with E-state index in [0.717, 1.165) is 50.0 Å². The Kier molecular flexibility index (Phi) is 14.0. The molecule has 2 rings (SSSR count). The van der Waals surface area contributed by atoms with E-state index in [1.54, 1.807) is 14.2 Å². The number of methoxy groups -OCH3 is 1. The Morgan fingerprint density at radius 2 is 1.89 bits per heavy atom. The number of guanidine groups is 1. The van der Waals surface area contributed by atoms with E-state index in [9.17, 15) is 0 Å². The summed E-state index contributed by atoms with van der Waals surface area (Å²) in [5, 5.41) is 6.63. The van der Waals surface area contributed by atoms with Crippen LogP contribution >= 0.6 is 24.0 Å². The van der Waals surface area contributed by atoms with Gasteiger partial charge in [0.25, 0.3) is 0 Å². The first-order valence-electron chi connectivity index (χ1n) is 10.0. The third kappa shape index (κ3) is 9.88. The van der Waals surface area contributed by atoms with Crippen molar-refractivity contribution in [3.05, 3.63) is 23.9 Å². The fourth-order valence-electron chi connectivity index (χ4n) is 3.04. The summed E-state index contributed by atoms with van der Waals surface area (Å²) in [4.78, 5) is 11.3. The summed E-state index contributed by atoms with van der Waals surface area (Å²) < 4.78 is 10.4. The van der Waals surface area contributed by atoms with Crippen LogP contribution in [0.5, 0.6) is 0 Å². The number of halogens is 1. The predicted molar refractivity (Wildman–Crippen MR) is 126 cm³/mol. The molecule has 0 aromatic carbocycles. The van der Waals surface area contributed by atoms with Crippen molar-refractivity contribution in [2.24, 2.45) is 4.99 Å². The van der Waals surface area contributed by atoms with E-state index in [-0.39, 0.29) is 24.0 Å². The molecule has 160 valence electrons. The molecule has 1 aromatic heterocycles. The first-order chi connectivity index (χ1) is 13.3. The van der Waals surface area contributed by atoms with Crippen LogP contribution in [0.3, 0.4) is 0 Å². The first kappa shape index (κ1) is 24.9. The molecule has 0 amide bonds. The van der Waals surface area contributed by atoms with Gasteiger partial charge in [0.1, 0.15) is 5.82 Å². The molecule has 0 radical (unpaired) electrons. The predicted octanol–water partition coefficient (Wildman–Crippen LogP) is 2.80. The molecule has 8 heteroatoms. The minimum absolute atomic E-state index is 0. The van der Waals surface area contributed by atoms with Crippen LogP contribution in [0.2, 0.25) is 0 Å². The van der Waals surface area contributed by atoms with E-state index < -0.39 is 0 Å². The number of hydrogen-bond donors (Lipinski definition) is 2. The van der Waals surface area contributed by atoms with Crippen LogP contribution < -0.4 is 15.5 Å². The van der Waals surface area contributed by atoms with Gasteiger partial charge in [0.15, 0.2) is 5.96 Å². The molecule has 0 aliphatic carbocycles. The van der Waals surface area contributed by atoms with Crippen LogP contribution in [0.15, 0.2) is 23.3 Å². The van der Waals surface area contributed by atoms with E-state index in [0.29, 0.717) is 19.8 Å². The molecule has 0 saturated carbocycles. The lowest BCUT2D eigenvalue weighted by Crippen LogP contribution is -2.37. The van der Waals surface area contributed by atoms with Gasteiger partial charge in [-0.2, -0.15) is 0 Å². The second-order valence-electron chi connectivity index (χ2n) is 6.74. The maximum absolute atomic E-state index is 5.45. The molecule has 7 nitrogen and oxygen atoms in total. The summed E-state index contributed by atoms with van der Waals surface area (Å²) in [6.45, 7) is 5.77. The highest BCUT2D eigenvalue weighted by Gasteiger charge is 2.10. The topological polar surface area (TPSA) is 71.0 Å². The zero-order chi connectivity index (χ0) is 19.2. The molecular formula is C20H36IN5O2. The quantitative estimate of drug-likeness (QED) is 0.221. The number of pyridine rings is 1. The van der Waals surface area contributed by atoms with E-state index in [1.165, 1.54) is 25.7 Å². The van der Waals surface area contributed by atoms with E-state index in [4.69, 9.17) is 9.47 Å². The number of hydrogen-bond acceptors (Lipinski definition) is 5. The lowest BCUT2D eigenvalue weighted by Gasteiger charge is -2.21. The van der Waals surface area contributed by atoms with Gasteiger partial charge < -0.3 is 25.0 Å². The molecule has 1 aliphatic rings. The van der Waals surface area contributed by atoms with Gasteiger partial charge in [-0.15, -0.1) is 24.0 Å². The summed E-state index contributed by atoms with van der Waals surface area (Å²) in [5.74, 6) is 1.89. The fraction of sp³-hybridized carbons (Fsp3) is 0.700. The standard InChI is InChI=1S/C20H35N5O2.HI/c1-21-20(22-10-7-13-27-15-14-26-2)24-17-18-8-9-19(23-16-18)25-11-5-3-4-6-12-25;/h8-9,16H,3-7,10-15,17H2,1-2H3,(H2,21,22,24);1H. The Bertz CT molecular complexity index is 534. The van der Waals surface area contributed by atoms with Crippen molar-refractivity contribution >= 4 is 35.8 Å². The first-order valence-corrected chi connectivity index (χ1v) is 10.0. The van der Waals surface area contributed by atoms with Gasteiger partial charge in [0, 0.05) is 53.1 Å². The second-order valence-corrected chi connectivity index (χ2v) is 6.74. The van der Waals surface area contributed by atoms with Gasteiger partial charge in [-0.3, -0.25) is 4.99 Å². The number of rotatable bonds is 10. The van der Waals surface area contributed by atoms with Crippen molar-refractivity contribution in [2.45, 2.75) is 38.6 Å². The smallest absolute Gasteiger partial charge is 0.191 e. The Morgan fingerprint density at radius 3 is 2.54 bits per heavy atom. The zero-order valence-electron chi connectivity index (χ0n) is 17.3. The number of ether oxygens (including phenoxy) is 2. The summed E-state index contributed by atoms with van der Waals surface area (Å²) in [6, 6.07) is 4.28. The van der Waals surface area contributed by atoms with Crippen molar-refractivity contribution in [2.75, 3.05) is 58.5 Å². The molecule has 0 atom stereocenters. The lowest BCUT2D eigenvalue weighted by molar-refractivity contribution is 0.0698. The summed E-state index contributed by atoms with van der Waals surface area (Å²) in [7, 11) is 3.46. The van der Waals surface area contributed by atoms with Gasteiger partial charge in [-0.25, -0.2) is 4.98 Å². The molecule has 2 N–H and O–H groups in total. The van der Waals surface area contributed by atoms with Crippen LogP contribution in [0.1, 0.15) is 37.7 Å². The SMILES string of the molecule is CN=C(NCCCOCCOC)NCc1ccc(N2CCCCCC2)nc1.I. The minimum Gasteiger partial charge on any atom is -0.382 e. The largest absolute Gasteiger partial charge is 0.382 e. The van der Waals surface area contributed by atoms with Gasteiger partial charge in [0.05, 0.1) is 13.2 Å². The maximum atomic E-state index is 5.45. The van der Waals surface area contributed by atoms with E-state index in [1.807, 2.05) is 6.20 Å². The van der Waals surface area contributed by atoms with Crippen molar-refractivity contribution < 1.29 is 9.47 Å². The molecule has 1 aromatic rings. The third-order valence-corrected chi connectivity index (χ3v) is 4.61. The molecule has 0 bridgehead atoms. The van der Waals surface area contributed by atoms with Crippen LogP contribution in [-0.2, 0) is 16.0 Å². The van der Waals surface area contributed by atoms with Crippen LogP contribution in [0.25, 0.3) is 0 Å². The molecular weight excluding hydrogens is 469 g/mol. The zero-order valence-corrected chi connectivity index (χ0v) is 19.6. The van der Waals surface area contributed by atoms with Crippen LogP contribution in [0, 0.1) is 0 Å². The molecule has 1 aliphatic heterocycles. The normalized spacial score (nSPS) is 14.9. The third-order valence-electron chi connectivity index (χ3n) is 4.61. The maximum Gasteiger partial charge on any atom is 0.191 e. The second kappa shape index (κ2) is 15.8.